The number of phenols is 2. The van der Waals surface area contributed by atoms with Crippen LogP contribution in [0, 0.1) is 0 Å². The van der Waals surface area contributed by atoms with Crippen LogP contribution in [0.4, 0.5) is 0 Å². The third kappa shape index (κ3) is 2.88. The van der Waals surface area contributed by atoms with Gasteiger partial charge in [-0.25, -0.2) is 0 Å². The van der Waals surface area contributed by atoms with E-state index in [1.54, 1.807) is 19.2 Å². The molecule has 0 saturated carbocycles. The maximum Gasteiger partial charge on any atom is 0.231 e. The van der Waals surface area contributed by atoms with Crippen molar-refractivity contribution in [3.05, 3.63) is 41.5 Å². The number of ether oxygens (including phenoxy) is 3. The van der Waals surface area contributed by atoms with Gasteiger partial charge in [0, 0.05) is 12.1 Å². The number of hydrogen-bond acceptors (Lipinski definition) is 5. The molecule has 22 heavy (non-hydrogen) atoms. The van der Waals surface area contributed by atoms with Crippen molar-refractivity contribution in [1.29, 1.82) is 0 Å². The fraction of sp³-hybridized carbons (Fsp3) is 0.294. The summed E-state index contributed by atoms with van der Waals surface area (Å²) in [4.78, 5) is 0. The van der Waals surface area contributed by atoms with Crippen molar-refractivity contribution in [1.82, 2.24) is 0 Å². The Labute approximate surface area is 128 Å². The second-order valence-corrected chi connectivity index (χ2v) is 5.18. The zero-order chi connectivity index (χ0) is 15.5. The number of hydrogen-bond donors (Lipinski definition) is 2. The van der Waals surface area contributed by atoms with Crippen molar-refractivity contribution in [3.8, 4) is 28.7 Å². The predicted molar refractivity (Wildman–Crippen MR) is 80.9 cm³/mol. The van der Waals surface area contributed by atoms with Crippen LogP contribution in [-0.2, 0) is 12.8 Å². The smallest absolute Gasteiger partial charge is 0.231 e. The minimum atomic E-state index is 0.0682. The van der Waals surface area contributed by atoms with Gasteiger partial charge < -0.3 is 24.4 Å². The lowest BCUT2D eigenvalue weighted by Crippen LogP contribution is -1.95. The molecule has 0 spiro atoms. The summed E-state index contributed by atoms with van der Waals surface area (Å²) in [5, 5.41) is 19.1. The summed E-state index contributed by atoms with van der Waals surface area (Å²) < 4.78 is 16.1. The molecule has 2 aromatic carbocycles. The third-order valence-corrected chi connectivity index (χ3v) is 3.74. The summed E-state index contributed by atoms with van der Waals surface area (Å²) in [6.45, 7) is 0.239. The van der Waals surface area contributed by atoms with Crippen LogP contribution in [-0.4, -0.2) is 24.1 Å². The molecule has 1 aliphatic rings. The van der Waals surface area contributed by atoms with E-state index >= 15 is 0 Å². The summed E-state index contributed by atoms with van der Waals surface area (Å²) in [7, 11) is 1.63. The Morgan fingerprint density at radius 3 is 2.45 bits per heavy atom. The third-order valence-electron chi connectivity index (χ3n) is 3.74. The fourth-order valence-corrected chi connectivity index (χ4v) is 2.58. The molecule has 0 aliphatic carbocycles. The van der Waals surface area contributed by atoms with Crippen molar-refractivity contribution >= 4 is 0 Å². The van der Waals surface area contributed by atoms with Crippen LogP contribution in [0.5, 0.6) is 28.7 Å². The first kappa shape index (κ1) is 14.4. The maximum atomic E-state index is 9.79. The molecule has 0 unspecified atom stereocenters. The SMILES string of the molecule is COc1cc2c(cc1CCCc1ccc(O)cc1O)OCO2. The highest BCUT2D eigenvalue weighted by molar-refractivity contribution is 5.52. The van der Waals surface area contributed by atoms with E-state index in [1.807, 2.05) is 12.1 Å². The second kappa shape index (κ2) is 6.05. The van der Waals surface area contributed by atoms with Gasteiger partial charge in [-0.3, -0.25) is 0 Å². The molecule has 0 saturated heterocycles. The first-order valence-corrected chi connectivity index (χ1v) is 7.15. The van der Waals surface area contributed by atoms with E-state index in [4.69, 9.17) is 14.2 Å². The van der Waals surface area contributed by atoms with Gasteiger partial charge in [0.2, 0.25) is 6.79 Å². The number of methoxy groups -OCH3 is 1. The Balaban J connectivity index is 1.68. The fourth-order valence-electron chi connectivity index (χ4n) is 2.58. The van der Waals surface area contributed by atoms with Gasteiger partial charge in [-0.15, -0.1) is 0 Å². The topological polar surface area (TPSA) is 68.2 Å². The summed E-state index contributed by atoms with van der Waals surface area (Å²) in [5.74, 6) is 2.41. The second-order valence-electron chi connectivity index (χ2n) is 5.18. The largest absolute Gasteiger partial charge is 0.508 e. The standard InChI is InChI=1S/C17H18O5/c1-20-15-9-17-16(21-10-22-17)7-12(15)4-2-3-11-5-6-13(18)8-14(11)19/h5-9,18-19H,2-4,10H2,1H3. The van der Waals surface area contributed by atoms with Gasteiger partial charge in [-0.05, 0) is 42.5 Å². The zero-order valence-corrected chi connectivity index (χ0v) is 12.3. The Hall–Kier alpha value is -2.56. The van der Waals surface area contributed by atoms with Crippen LogP contribution >= 0.6 is 0 Å². The first-order valence-electron chi connectivity index (χ1n) is 7.15. The molecule has 3 rings (SSSR count). The number of aryl methyl sites for hydroxylation is 2. The molecule has 5 heteroatoms. The Kier molecular flexibility index (Phi) is 3.96. The van der Waals surface area contributed by atoms with Crippen LogP contribution in [0.15, 0.2) is 30.3 Å². The number of rotatable bonds is 5. The van der Waals surface area contributed by atoms with Crippen LogP contribution in [0.2, 0.25) is 0 Å². The van der Waals surface area contributed by atoms with Crippen molar-refractivity contribution in [2.45, 2.75) is 19.3 Å². The van der Waals surface area contributed by atoms with Gasteiger partial charge in [-0.2, -0.15) is 0 Å². The highest BCUT2D eigenvalue weighted by Crippen LogP contribution is 2.38. The minimum Gasteiger partial charge on any atom is -0.508 e. The van der Waals surface area contributed by atoms with E-state index < -0.39 is 0 Å². The average Bonchev–Trinajstić information content (AvgIpc) is 2.95. The van der Waals surface area contributed by atoms with Crippen molar-refractivity contribution in [2.24, 2.45) is 0 Å². The number of benzene rings is 2. The lowest BCUT2D eigenvalue weighted by molar-refractivity contribution is 0.174. The van der Waals surface area contributed by atoms with Crippen molar-refractivity contribution in [2.75, 3.05) is 13.9 Å². The number of phenolic OH excluding ortho intramolecular Hbond substituents is 2. The van der Waals surface area contributed by atoms with Crippen LogP contribution in [0.3, 0.4) is 0 Å². The molecule has 1 heterocycles. The summed E-state index contributed by atoms with van der Waals surface area (Å²) in [6.07, 6.45) is 2.35. The summed E-state index contributed by atoms with van der Waals surface area (Å²) >= 11 is 0. The predicted octanol–water partition coefficient (Wildman–Crippen LogP) is 3.01. The summed E-state index contributed by atoms with van der Waals surface area (Å²) in [6, 6.07) is 8.46. The molecule has 0 aromatic heterocycles. The van der Waals surface area contributed by atoms with Gasteiger partial charge in [-0.1, -0.05) is 6.07 Å². The lowest BCUT2D eigenvalue weighted by Gasteiger charge is -2.10. The van der Waals surface area contributed by atoms with Gasteiger partial charge >= 0.3 is 0 Å². The molecular formula is C17H18O5. The highest BCUT2D eigenvalue weighted by Gasteiger charge is 2.17. The molecule has 0 bridgehead atoms. The van der Waals surface area contributed by atoms with E-state index in [0.29, 0.717) is 12.2 Å². The van der Waals surface area contributed by atoms with E-state index in [-0.39, 0.29) is 18.3 Å². The van der Waals surface area contributed by atoms with E-state index in [9.17, 15) is 10.2 Å². The highest BCUT2D eigenvalue weighted by atomic mass is 16.7. The molecule has 0 radical (unpaired) electrons. The lowest BCUT2D eigenvalue weighted by atomic mass is 10.0. The Bertz CT molecular complexity index is 681. The Morgan fingerprint density at radius 1 is 1.00 bits per heavy atom. The van der Waals surface area contributed by atoms with E-state index in [0.717, 1.165) is 35.5 Å². The van der Waals surface area contributed by atoms with Gasteiger partial charge in [0.1, 0.15) is 17.2 Å². The van der Waals surface area contributed by atoms with Gasteiger partial charge in [0.05, 0.1) is 7.11 Å². The average molecular weight is 302 g/mol. The van der Waals surface area contributed by atoms with Crippen LogP contribution in [0.25, 0.3) is 0 Å². The normalized spacial score (nSPS) is 12.4. The van der Waals surface area contributed by atoms with Crippen molar-refractivity contribution < 1.29 is 24.4 Å². The molecule has 0 amide bonds. The minimum absolute atomic E-state index is 0.0682. The zero-order valence-electron chi connectivity index (χ0n) is 12.3. The summed E-state index contributed by atoms with van der Waals surface area (Å²) in [5.41, 5.74) is 1.86. The molecule has 0 atom stereocenters. The molecule has 0 fully saturated rings. The monoisotopic (exact) mass is 302 g/mol. The van der Waals surface area contributed by atoms with Crippen molar-refractivity contribution in [3.63, 3.8) is 0 Å². The molecule has 5 nitrogen and oxygen atoms in total. The number of aromatic hydroxyl groups is 2. The quantitative estimate of drug-likeness (QED) is 0.888. The molecule has 116 valence electrons. The molecular weight excluding hydrogens is 284 g/mol. The van der Waals surface area contributed by atoms with Crippen LogP contribution < -0.4 is 14.2 Å². The molecule has 1 aliphatic heterocycles. The molecule has 2 N–H and O–H groups in total. The van der Waals surface area contributed by atoms with E-state index in [2.05, 4.69) is 0 Å². The molecule has 2 aromatic rings. The van der Waals surface area contributed by atoms with Gasteiger partial charge in [0.15, 0.2) is 11.5 Å². The maximum absolute atomic E-state index is 9.79. The number of fused-ring (bicyclic) bond motifs is 1. The van der Waals surface area contributed by atoms with Crippen LogP contribution in [0.1, 0.15) is 17.5 Å². The Morgan fingerprint density at radius 2 is 1.73 bits per heavy atom. The van der Waals surface area contributed by atoms with Gasteiger partial charge in [0.25, 0.3) is 0 Å². The first-order chi connectivity index (χ1) is 10.7. The van der Waals surface area contributed by atoms with E-state index in [1.165, 1.54) is 6.07 Å².